The highest BCUT2D eigenvalue weighted by Crippen LogP contribution is 2.25. The van der Waals surface area contributed by atoms with Crippen molar-refractivity contribution in [1.29, 1.82) is 0 Å². The summed E-state index contributed by atoms with van der Waals surface area (Å²) in [6.07, 6.45) is 2.83. The van der Waals surface area contributed by atoms with Crippen LogP contribution in [0.25, 0.3) is 5.57 Å². The van der Waals surface area contributed by atoms with Crippen LogP contribution in [0, 0.1) is 5.41 Å². The van der Waals surface area contributed by atoms with Crippen molar-refractivity contribution < 1.29 is 8.42 Å². The molecule has 0 atom stereocenters. The smallest absolute Gasteiger partial charge is 0.233 e. The first-order valence-electron chi connectivity index (χ1n) is 8.34. The third-order valence-corrected chi connectivity index (χ3v) is 6.02. The van der Waals surface area contributed by atoms with Crippen LogP contribution in [0.4, 0.5) is 0 Å². The first kappa shape index (κ1) is 20.9. The SMILES string of the molecule is C=C(Cc1ccc(Br)cc1)c1nc(CC(C)(C)C)cn1S(=O)(=O)N(C)C. The van der Waals surface area contributed by atoms with Gasteiger partial charge in [-0.05, 0) is 35.1 Å². The van der Waals surface area contributed by atoms with E-state index in [1.807, 2.05) is 24.3 Å². The van der Waals surface area contributed by atoms with Gasteiger partial charge in [0.05, 0.1) is 5.69 Å². The summed E-state index contributed by atoms with van der Waals surface area (Å²) in [7, 11) is -0.639. The summed E-state index contributed by atoms with van der Waals surface area (Å²) in [5.41, 5.74) is 2.46. The average Bonchev–Trinajstić information content (AvgIpc) is 2.92. The Hall–Kier alpha value is -1.44. The van der Waals surface area contributed by atoms with Crippen molar-refractivity contribution in [3.8, 4) is 0 Å². The van der Waals surface area contributed by atoms with Gasteiger partial charge in [-0.25, -0.2) is 8.96 Å². The van der Waals surface area contributed by atoms with Crippen LogP contribution < -0.4 is 0 Å². The molecule has 7 heteroatoms. The fourth-order valence-corrected chi connectivity index (χ4v) is 3.81. The van der Waals surface area contributed by atoms with Crippen molar-refractivity contribution in [2.24, 2.45) is 5.41 Å². The fourth-order valence-electron chi connectivity index (χ4n) is 2.55. The van der Waals surface area contributed by atoms with Crippen LogP contribution in [0.2, 0.25) is 0 Å². The lowest BCUT2D eigenvalue weighted by molar-refractivity contribution is 0.407. The van der Waals surface area contributed by atoms with Crippen molar-refractivity contribution in [1.82, 2.24) is 13.3 Å². The third-order valence-electron chi connectivity index (χ3n) is 3.79. The van der Waals surface area contributed by atoms with Gasteiger partial charge in [-0.3, -0.25) is 0 Å². The second-order valence-corrected chi connectivity index (χ2v) is 10.7. The molecule has 0 saturated heterocycles. The Balaban J connectivity index is 2.44. The number of nitrogens with zero attached hydrogens (tertiary/aromatic N) is 3. The van der Waals surface area contributed by atoms with Gasteiger partial charge < -0.3 is 0 Å². The summed E-state index contributed by atoms with van der Waals surface area (Å²) in [5.74, 6) is 0.390. The Kier molecular flexibility index (Phi) is 6.15. The molecule has 5 nitrogen and oxygen atoms in total. The summed E-state index contributed by atoms with van der Waals surface area (Å²) in [5, 5.41) is 0. The Morgan fingerprint density at radius 1 is 1.23 bits per heavy atom. The van der Waals surface area contributed by atoms with E-state index in [1.54, 1.807) is 6.20 Å². The summed E-state index contributed by atoms with van der Waals surface area (Å²) in [4.78, 5) is 4.61. The highest BCUT2D eigenvalue weighted by molar-refractivity contribution is 9.10. The van der Waals surface area contributed by atoms with E-state index in [1.165, 1.54) is 22.4 Å². The van der Waals surface area contributed by atoms with Crippen LogP contribution in [-0.2, 0) is 23.1 Å². The molecule has 0 N–H and O–H groups in total. The zero-order valence-corrected chi connectivity index (χ0v) is 18.4. The molecule has 0 aliphatic carbocycles. The van der Waals surface area contributed by atoms with E-state index in [0.717, 1.165) is 15.7 Å². The number of benzene rings is 1. The Labute approximate surface area is 165 Å². The van der Waals surface area contributed by atoms with Crippen LogP contribution in [0.1, 0.15) is 37.9 Å². The molecule has 1 aromatic heterocycles. The fraction of sp³-hybridized carbons (Fsp3) is 0.421. The monoisotopic (exact) mass is 439 g/mol. The van der Waals surface area contributed by atoms with Crippen LogP contribution in [-0.4, -0.2) is 35.8 Å². The molecular formula is C19H26BrN3O2S. The molecule has 0 unspecified atom stereocenters. The van der Waals surface area contributed by atoms with Gasteiger partial charge in [-0.2, -0.15) is 12.7 Å². The van der Waals surface area contributed by atoms with Crippen LogP contribution in [0.15, 0.2) is 41.5 Å². The van der Waals surface area contributed by atoms with E-state index in [2.05, 4.69) is 48.3 Å². The predicted octanol–water partition coefficient (Wildman–Crippen LogP) is 4.14. The molecule has 1 heterocycles. The van der Waals surface area contributed by atoms with Crippen molar-refractivity contribution in [3.63, 3.8) is 0 Å². The summed E-state index contributed by atoms with van der Waals surface area (Å²) in [6, 6.07) is 7.88. The third kappa shape index (κ3) is 5.05. The largest absolute Gasteiger partial charge is 0.308 e. The van der Waals surface area contributed by atoms with E-state index in [-0.39, 0.29) is 5.41 Å². The molecular weight excluding hydrogens is 414 g/mol. The molecule has 26 heavy (non-hydrogen) atoms. The predicted molar refractivity (Wildman–Crippen MR) is 110 cm³/mol. The average molecular weight is 440 g/mol. The minimum Gasteiger partial charge on any atom is -0.233 e. The molecule has 142 valence electrons. The highest BCUT2D eigenvalue weighted by atomic mass is 79.9. The van der Waals surface area contributed by atoms with Gasteiger partial charge in [-0.15, -0.1) is 0 Å². The van der Waals surface area contributed by atoms with Crippen LogP contribution >= 0.6 is 15.9 Å². The van der Waals surface area contributed by atoms with E-state index in [4.69, 9.17) is 0 Å². The van der Waals surface area contributed by atoms with E-state index in [0.29, 0.717) is 24.2 Å². The van der Waals surface area contributed by atoms with Gasteiger partial charge in [0.15, 0.2) is 5.82 Å². The summed E-state index contributed by atoms with van der Waals surface area (Å²) < 4.78 is 28.9. The molecule has 2 rings (SSSR count). The highest BCUT2D eigenvalue weighted by Gasteiger charge is 2.25. The van der Waals surface area contributed by atoms with E-state index in [9.17, 15) is 8.42 Å². The van der Waals surface area contributed by atoms with E-state index >= 15 is 0 Å². The van der Waals surface area contributed by atoms with Crippen LogP contribution in [0.3, 0.4) is 0 Å². The van der Waals surface area contributed by atoms with Gasteiger partial charge >= 0.3 is 10.2 Å². The van der Waals surface area contributed by atoms with Gasteiger partial charge in [0, 0.05) is 31.2 Å². The number of halogens is 1. The number of rotatable bonds is 6. The molecule has 0 radical (unpaired) electrons. The number of hydrogen-bond acceptors (Lipinski definition) is 3. The standard InChI is InChI=1S/C19H26BrN3O2S/c1-14(11-15-7-9-16(20)10-8-15)18-21-17(12-19(2,3)4)13-23(18)26(24,25)22(5)6/h7-10,13H,1,11-12H2,2-6H3. The number of aromatic nitrogens is 2. The Morgan fingerprint density at radius 2 is 1.81 bits per heavy atom. The van der Waals surface area contributed by atoms with Crippen molar-refractivity contribution in [2.75, 3.05) is 14.1 Å². The lowest BCUT2D eigenvalue weighted by atomic mass is 9.91. The van der Waals surface area contributed by atoms with Crippen LogP contribution in [0.5, 0.6) is 0 Å². The minimum atomic E-state index is -3.67. The lowest BCUT2D eigenvalue weighted by Crippen LogP contribution is -2.29. The molecule has 0 bridgehead atoms. The quantitative estimate of drug-likeness (QED) is 0.679. The topological polar surface area (TPSA) is 55.2 Å². The number of imidazole rings is 1. The molecule has 0 fully saturated rings. The maximum Gasteiger partial charge on any atom is 0.308 e. The van der Waals surface area contributed by atoms with E-state index < -0.39 is 10.2 Å². The van der Waals surface area contributed by atoms with Gasteiger partial charge in [0.2, 0.25) is 0 Å². The summed E-state index contributed by atoms with van der Waals surface area (Å²) in [6.45, 7) is 10.4. The van der Waals surface area contributed by atoms with Crippen molar-refractivity contribution in [3.05, 3.63) is 58.6 Å². The maximum absolute atomic E-state index is 12.7. The molecule has 2 aromatic rings. The molecule has 0 amide bonds. The number of allylic oxidation sites excluding steroid dienone is 1. The molecule has 1 aromatic carbocycles. The Bertz CT molecular complexity index is 892. The minimum absolute atomic E-state index is 0.00533. The maximum atomic E-state index is 12.7. The number of hydrogen-bond donors (Lipinski definition) is 0. The van der Waals surface area contributed by atoms with Gasteiger partial charge in [0.25, 0.3) is 0 Å². The van der Waals surface area contributed by atoms with Gasteiger partial charge in [-0.1, -0.05) is 55.4 Å². The first-order chi connectivity index (χ1) is 11.9. The van der Waals surface area contributed by atoms with Crippen molar-refractivity contribution >= 4 is 31.7 Å². The molecule has 0 aliphatic heterocycles. The molecule has 0 aliphatic rings. The van der Waals surface area contributed by atoms with Gasteiger partial charge in [0.1, 0.15) is 0 Å². The lowest BCUT2D eigenvalue weighted by Gasteiger charge is -2.16. The second kappa shape index (κ2) is 7.66. The second-order valence-electron chi connectivity index (χ2n) is 7.79. The zero-order chi connectivity index (χ0) is 19.7. The molecule has 0 spiro atoms. The Morgan fingerprint density at radius 3 is 2.31 bits per heavy atom. The van der Waals surface area contributed by atoms with Crippen molar-refractivity contribution in [2.45, 2.75) is 33.6 Å². The zero-order valence-electron chi connectivity index (χ0n) is 16.0. The normalized spacial score (nSPS) is 12.6. The molecule has 0 saturated carbocycles. The first-order valence-corrected chi connectivity index (χ1v) is 10.5. The summed E-state index contributed by atoms with van der Waals surface area (Å²) >= 11 is 3.42.